The number of hydrogen-bond acceptors (Lipinski definition) is 4. The molecule has 0 spiro atoms. The first kappa shape index (κ1) is 24.9. The maximum absolute atomic E-state index is 13.4. The van der Waals surface area contributed by atoms with Crippen molar-refractivity contribution in [1.82, 2.24) is 5.32 Å². The molecule has 0 unspecified atom stereocenters. The van der Waals surface area contributed by atoms with E-state index in [9.17, 15) is 13.2 Å². The lowest BCUT2D eigenvalue weighted by atomic mass is 10.1. The zero-order valence-corrected chi connectivity index (χ0v) is 20.9. The average molecular weight is 529 g/mol. The summed E-state index contributed by atoms with van der Waals surface area (Å²) < 4.78 is 33.4. The summed E-state index contributed by atoms with van der Waals surface area (Å²) in [6, 6.07) is 26.1. The number of nitrogens with one attached hydrogen (secondary N) is 1. The number of sulfonamides is 1. The van der Waals surface area contributed by atoms with E-state index in [1.165, 1.54) is 18.2 Å². The van der Waals surface area contributed by atoms with Crippen molar-refractivity contribution in [3.63, 3.8) is 0 Å². The lowest BCUT2D eigenvalue weighted by Crippen LogP contribution is -2.42. The molecule has 0 saturated carbocycles. The third-order valence-corrected chi connectivity index (χ3v) is 7.82. The second kappa shape index (κ2) is 11.0. The third-order valence-electron chi connectivity index (χ3n) is 5.23. The highest BCUT2D eigenvalue weighted by atomic mass is 35.5. The van der Waals surface area contributed by atoms with Crippen LogP contribution in [0.4, 0.5) is 5.69 Å². The Kier molecular flexibility index (Phi) is 7.80. The number of carbonyl (C=O) groups excluding carboxylic acids is 1. The summed E-state index contributed by atoms with van der Waals surface area (Å²) in [5.41, 5.74) is 0.116. The normalized spacial score (nSPS) is 11.3. The minimum atomic E-state index is -4.08. The van der Waals surface area contributed by atoms with Crippen LogP contribution in [0.15, 0.2) is 95.9 Å². The number of amides is 1. The molecule has 180 valence electrons. The fourth-order valence-electron chi connectivity index (χ4n) is 3.51. The molecule has 0 bridgehead atoms. The zero-order chi connectivity index (χ0) is 24.8. The van der Waals surface area contributed by atoms with Gasteiger partial charge in [-0.1, -0.05) is 77.8 Å². The molecule has 0 aliphatic heterocycles. The van der Waals surface area contributed by atoms with Crippen LogP contribution in [0, 0.1) is 0 Å². The highest BCUT2D eigenvalue weighted by Crippen LogP contribution is 2.35. The van der Waals surface area contributed by atoms with Gasteiger partial charge in [0.15, 0.2) is 0 Å². The molecule has 0 aromatic heterocycles. The van der Waals surface area contributed by atoms with Crippen molar-refractivity contribution in [3.05, 3.63) is 101 Å². The number of halogens is 2. The smallest absolute Gasteiger partial charge is 0.264 e. The first-order chi connectivity index (χ1) is 16.9. The van der Waals surface area contributed by atoms with Crippen molar-refractivity contribution in [2.45, 2.75) is 4.90 Å². The fraction of sp³-hybridized carbons (Fsp3) is 0.115. The van der Waals surface area contributed by atoms with E-state index >= 15 is 0 Å². The van der Waals surface area contributed by atoms with Gasteiger partial charge in [-0.05, 0) is 47.2 Å². The van der Waals surface area contributed by atoms with Crippen LogP contribution in [0.2, 0.25) is 10.0 Å². The number of anilines is 1. The highest BCUT2D eigenvalue weighted by molar-refractivity contribution is 7.92. The van der Waals surface area contributed by atoms with E-state index in [-0.39, 0.29) is 33.8 Å². The minimum absolute atomic E-state index is 0.0310. The van der Waals surface area contributed by atoms with Gasteiger partial charge >= 0.3 is 0 Å². The van der Waals surface area contributed by atoms with Crippen molar-refractivity contribution in [2.75, 3.05) is 24.0 Å². The molecule has 6 nitrogen and oxygen atoms in total. The predicted molar refractivity (Wildman–Crippen MR) is 140 cm³/mol. The Hall–Kier alpha value is -3.26. The van der Waals surface area contributed by atoms with Crippen LogP contribution in [-0.2, 0) is 14.8 Å². The number of fused-ring (bicyclic) bond motifs is 1. The van der Waals surface area contributed by atoms with Crippen molar-refractivity contribution in [3.8, 4) is 5.75 Å². The molecule has 4 aromatic rings. The quantitative estimate of drug-likeness (QED) is 0.289. The summed E-state index contributed by atoms with van der Waals surface area (Å²) >= 11 is 12.4. The van der Waals surface area contributed by atoms with Gasteiger partial charge in [-0.25, -0.2) is 8.42 Å². The highest BCUT2D eigenvalue weighted by Gasteiger charge is 2.29. The Balaban J connectivity index is 1.44. The molecule has 0 heterocycles. The first-order valence-electron chi connectivity index (χ1n) is 10.8. The molecule has 0 radical (unpaired) electrons. The topological polar surface area (TPSA) is 75.7 Å². The van der Waals surface area contributed by atoms with Gasteiger partial charge in [0.2, 0.25) is 5.91 Å². The molecule has 4 rings (SSSR count). The Morgan fingerprint density at radius 1 is 0.857 bits per heavy atom. The molecule has 0 aliphatic carbocycles. The van der Waals surface area contributed by atoms with Crippen LogP contribution in [0.3, 0.4) is 0 Å². The van der Waals surface area contributed by atoms with Gasteiger partial charge in [0.05, 0.1) is 27.2 Å². The monoisotopic (exact) mass is 528 g/mol. The van der Waals surface area contributed by atoms with Crippen molar-refractivity contribution in [1.29, 1.82) is 0 Å². The number of carbonyl (C=O) groups is 1. The summed E-state index contributed by atoms with van der Waals surface area (Å²) in [5.74, 6) is 0.166. The maximum atomic E-state index is 13.4. The van der Waals surface area contributed by atoms with E-state index in [0.29, 0.717) is 5.75 Å². The molecule has 0 fully saturated rings. The van der Waals surface area contributed by atoms with Gasteiger partial charge in [-0.2, -0.15) is 0 Å². The second-order valence-electron chi connectivity index (χ2n) is 7.61. The van der Waals surface area contributed by atoms with Crippen LogP contribution in [0.25, 0.3) is 10.8 Å². The van der Waals surface area contributed by atoms with Gasteiger partial charge in [-0.15, -0.1) is 0 Å². The van der Waals surface area contributed by atoms with Crippen molar-refractivity contribution in [2.24, 2.45) is 0 Å². The number of benzene rings is 4. The molecule has 9 heteroatoms. The van der Waals surface area contributed by atoms with E-state index in [4.69, 9.17) is 27.9 Å². The van der Waals surface area contributed by atoms with E-state index < -0.39 is 22.5 Å². The second-order valence-corrected chi connectivity index (χ2v) is 10.3. The molecule has 4 aromatic carbocycles. The molecule has 1 amide bonds. The molecular formula is C26H22Cl2N2O4S. The molecule has 35 heavy (non-hydrogen) atoms. The summed E-state index contributed by atoms with van der Waals surface area (Å²) in [4.78, 5) is 12.8. The molecule has 1 N–H and O–H groups in total. The van der Waals surface area contributed by atoms with Crippen LogP contribution in [0.5, 0.6) is 5.75 Å². The van der Waals surface area contributed by atoms with Gasteiger partial charge in [0.1, 0.15) is 18.9 Å². The SMILES string of the molecule is O=C(CN(c1cccc(Cl)c1Cl)S(=O)(=O)c1ccccc1)NCCOc1ccc2ccccc2c1. The van der Waals surface area contributed by atoms with Crippen LogP contribution >= 0.6 is 23.2 Å². The number of nitrogens with zero attached hydrogens (tertiary/aromatic N) is 1. The van der Waals surface area contributed by atoms with Gasteiger partial charge in [0, 0.05) is 0 Å². The first-order valence-corrected chi connectivity index (χ1v) is 13.0. The standard InChI is InChI=1S/C26H22Cl2N2O4S/c27-23-11-6-12-24(26(23)28)30(35(32,33)22-9-2-1-3-10-22)18-25(31)29-15-16-34-21-14-13-19-7-4-5-8-20(19)17-21/h1-14,17H,15-16,18H2,(H,29,31). The Bertz CT molecular complexity index is 1450. The van der Waals surface area contributed by atoms with Crippen LogP contribution in [0.1, 0.15) is 0 Å². The summed E-state index contributed by atoms with van der Waals surface area (Å²) in [7, 11) is -4.08. The van der Waals surface area contributed by atoms with Crippen molar-refractivity contribution >= 4 is 55.6 Å². The summed E-state index contributed by atoms with van der Waals surface area (Å²) in [5, 5.41) is 5.08. The number of rotatable bonds is 9. The average Bonchev–Trinajstić information content (AvgIpc) is 2.87. The van der Waals surface area contributed by atoms with Crippen LogP contribution < -0.4 is 14.4 Å². The van der Waals surface area contributed by atoms with Gasteiger partial charge < -0.3 is 10.1 Å². The van der Waals surface area contributed by atoms with Gasteiger partial charge in [-0.3, -0.25) is 9.10 Å². The summed E-state index contributed by atoms with van der Waals surface area (Å²) in [6.45, 7) is -0.0745. The minimum Gasteiger partial charge on any atom is -0.492 e. The zero-order valence-electron chi connectivity index (χ0n) is 18.5. The predicted octanol–water partition coefficient (Wildman–Crippen LogP) is 5.54. The Morgan fingerprint density at radius 3 is 2.34 bits per heavy atom. The van der Waals surface area contributed by atoms with Gasteiger partial charge in [0.25, 0.3) is 10.0 Å². The Morgan fingerprint density at radius 2 is 1.57 bits per heavy atom. The lowest BCUT2D eigenvalue weighted by molar-refractivity contribution is -0.119. The number of ether oxygens (including phenoxy) is 1. The maximum Gasteiger partial charge on any atom is 0.264 e. The Labute approximate surface area is 214 Å². The van der Waals surface area contributed by atoms with E-state index in [1.54, 1.807) is 30.3 Å². The molecule has 0 aliphatic rings. The molecule has 0 saturated heterocycles. The molecule has 0 atom stereocenters. The van der Waals surface area contributed by atoms with E-state index in [1.807, 2.05) is 42.5 Å². The largest absolute Gasteiger partial charge is 0.492 e. The third kappa shape index (κ3) is 5.88. The lowest BCUT2D eigenvalue weighted by Gasteiger charge is -2.25. The summed E-state index contributed by atoms with van der Waals surface area (Å²) in [6.07, 6.45) is 0. The number of hydrogen-bond donors (Lipinski definition) is 1. The van der Waals surface area contributed by atoms with E-state index in [2.05, 4.69) is 5.32 Å². The van der Waals surface area contributed by atoms with E-state index in [0.717, 1.165) is 15.1 Å². The molecular weight excluding hydrogens is 507 g/mol. The fourth-order valence-corrected chi connectivity index (χ4v) is 5.41. The van der Waals surface area contributed by atoms with Crippen LogP contribution in [-0.4, -0.2) is 34.0 Å². The van der Waals surface area contributed by atoms with Crippen molar-refractivity contribution < 1.29 is 17.9 Å².